The van der Waals surface area contributed by atoms with Gasteiger partial charge in [-0.15, -0.1) is 0 Å². The normalized spacial score (nSPS) is 26.5. The predicted molar refractivity (Wildman–Crippen MR) is 58.7 cm³/mol. The molecule has 0 spiro atoms. The Labute approximate surface area is 90.1 Å². The van der Waals surface area contributed by atoms with Gasteiger partial charge in [0.15, 0.2) is 0 Å². The van der Waals surface area contributed by atoms with E-state index in [1.165, 1.54) is 0 Å². The fraction of sp³-hybridized carbons (Fsp3) is 0.500. The third kappa shape index (κ3) is 2.70. The number of benzene rings is 1. The van der Waals surface area contributed by atoms with E-state index in [2.05, 4.69) is 12.2 Å². The topological polar surface area (TPSA) is 41.5 Å². The van der Waals surface area contributed by atoms with Crippen LogP contribution in [-0.4, -0.2) is 24.5 Å². The first-order valence-corrected chi connectivity index (χ1v) is 5.37. The Bertz CT molecular complexity index is 319. The van der Waals surface area contributed by atoms with E-state index in [1.807, 2.05) is 18.2 Å². The van der Waals surface area contributed by atoms with E-state index in [-0.39, 0.29) is 6.23 Å². The van der Waals surface area contributed by atoms with Crippen LogP contribution >= 0.6 is 0 Å². The average Bonchev–Trinajstić information content (AvgIpc) is 2.25. The molecule has 0 bridgehead atoms. The van der Waals surface area contributed by atoms with E-state index in [9.17, 15) is 5.11 Å². The molecule has 0 radical (unpaired) electrons. The maximum atomic E-state index is 9.61. The van der Waals surface area contributed by atoms with E-state index < -0.39 is 0 Å². The van der Waals surface area contributed by atoms with Gasteiger partial charge in [-0.05, 0) is 17.5 Å². The lowest BCUT2D eigenvalue weighted by molar-refractivity contribution is -0.0230. The van der Waals surface area contributed by atoms with Crippen LogP contribution in [0.2, 0.25) is 0 Å². The van der Waals surface area contributed by atoms with Gasteiger partial charge in [0.05, 0.1) is 6.61 Å². The van der Waals surface area contributed by atoms with Crippen molar-refractivity contribution in [2.75, 3.05) is 13.2 Å². The Kier molecular flexibility index (Phi) is 3.23. The second-order valence-electron chi connectivity index (χ2n) is 4.17. The van der Waals surface area contributed by atoms with Crippen molar-refractivity contribution >= 4 is 0 Å². The minimum atomic E-state index is 0.0366. The number of aromatic hydroxyl groups is 1. The Morgan fingerprint density at radius 3 is 2.93 bits per heavy atom. The van der Waals surface area contributed by atoms with Crippen LogP contribution in [-0.2, 0) is 11.2 Å². The molecule has 0 amide bonds. The monoisotopic (exact) mass is 207 g/mol. The Morgan fingerprint density at radius 1 is 1.47 bits per heavy atom. The van der Waals surface area contributed by atoms with Crippen LogP contribution in [0.4, 0.5) is 0 Å². The van der Waals surface area contributed by atoms with E-state index in [0.29, 0.717) is 11.7 Å². The molecule has 0 aromatic heterocycles. The second-order valence-corrected chi connectivity index (χ2v) is 4.17. The van der Waals surface area contributed by atoms with Crippen LogP contribution in [0.3, 0.4) is 0 Å². The number of hydrogen-bond donors (Lipinski definition) is 2. The van der Waals surface area contributed by atoms with Gasteiger partial charge < -0.3 is 9.84 Å². The minimum absolute atomic E-state index is 0.0366. The van der Waals surface area contributed by atoms with Crippen LogP contribution in [0.5, 0.6) is 5.75 Å². The first kappa shape index (κ1) is 10.5. The summed E-state index contributed by atoms with van der Waals surface area (Å²) in [5, 5.41) is 12.9. The summed E-state index contributed by atoms with van der Waals surface area (Å²) in [6.07, 6.45) is 0.758. The van der Waals surface area contributed by atoms with Crippen molar-refractivity contribution in [2.45, 2.75) is 19.6 Å². The summed E-state index contributed by atoms with van der Waals surface area (Å²) in [5.41, 5.74) is 0.935. The first-order valence-electron chi connectivity index (χ1n) is 5.37. The summed E-state index contributed by atoms with van der Waals surface area (Å²) in [7, 11) is 0. The van der Waals surface area contributed by atoms with Crippen molar-refractivity contribution in [1.29, 1.82) is 0 Å². The molecule has 1 aromatic rings. The molecule has 0 saturated carbocycles. The van der Waals surface area contributed by atoms with Crippen LogP contribution in [0.1, 0.15) is 12.5 Å². The smallest absolute Gasteiger partial charge is 0.118 e. The summed E-state index contributed by atoms with van der Waals surface area (Å²) in [5.74, 6) is 0.923. The van der Waals surface area contributed by atoms with Gasteiger partial charge >= 0.3 is 0 Å². The lowest BCUT2D eigenvalue weighted by Crippen LogP contribution is -2.43. The van der Waals surface area contributed by atoms with Gasteiger partial charge in [-0.2, -0.15) is 0 Å². The zero-order valence-corrected chi connectivity index (χ0v) is 8.94. The molecule has 3 nitrogen and oxygen atoms in total. The summed E-state index contributed by atoms with van der Waals surface area (Å²) in [6.45, 7) is 3.94. The summed E-state index contributed by atoms with van der Waals surface area (Å²) < 4.78 is 5.63. The van der Waals surface area contributed by atoms with Crippen LogP contribution in [0, 0.1) is 5.92 Å². The number of ether oxygens (including phenoxy) is 1. The lowest BCUT2D eigenvalue weighted by Gasteiger charge is -2.28. The van der Waals surface area contributed by atoms with Gasteiger partial charge in [-0.25, -0.2) is 0 Å². The zero-order chi connectivity index (χ0) is 10.7. The average molecular weight is 207 g/mol. The Hall–Kier alpha value is -1.06. The standard InChI is InChI=1S/C12H17NO2/c1-9-7-13-12(15-8-9)6-10-4-2-3-5-11(10)14/h2-5,9,12-14H,6-8H2,1H3. The van der Waals surface area contributed by atoms with Gasteiger partial charge in [0, 0.05) is 13.0 Å². The third-order valence-corrected chi connectivity index (χ3v) is 2.67. The molecule has 3 heteroatoms. The lowest BCUT2D eigenvalue weighted by atomic mass is 10.1. The molecule has 82 valence electrons. The molecule has 2 N–H and O–H groups in total. The molecular weight excluding hydrogens is 190 g/mol. The van der Waals surface area contributed by atoms with Gasteiger partial charge in [-0.3, -0.25) is 5.32 Å². The second kappa shape index (κ2) is 4.64. The van der Waals surface area contributed by atoms with Crippen molar-refractivity contribution < 1.29 is 9.84 Å². The number of rotatable bonds is 2. The van der Waals surface area contributed by atoms with Crippen LogP contribution < -0.4 is 5.32 Å². The number of nitrogens with one attached hydrogen (secondary N) is 1. The largest absolute Gasteiger partial charge is 0.508 e. The highest BCUT2D eigenvalue weighted by molar-refractivity contribution is 5.32. The number of para-hydroxylation sites is 1. The highest BCUT2D eigenvalue weighted by atomic mass is 16.5. The molecule has 0 aliphatic carbocycles. The molecule has 2 rings (SSSR count). The third-order valence-electron chi connectivity index (χ3n) is 2.67. The molecule has 2 atom stereocenters. The number of phenols is 1. The van der Waals surface area contributed by atoms with E-state index in [1.54, 1.807) is 6.07 Å². The molecule has 1 aliphatic heterocycles. The summed E-state index contributed by atoms with van der Waals surface area (Å²) in [4.78, 5) is 0. The van der Waals surface area contributed by atoms with Crippen molar-refractivity contribution in [1.82, 2.24) is 5.32 Å². The molecule has 2 unspecified atom stereocenters. The quantitative estimate of drug-likeness (QED) is 0.772. The predicted octanol–water partition coefficient (Wildman–Crippen LogP) is 1.52. The van der Waals surface area contributed by atoms with Gasteiger partial charge in [-0.1, -0.05) is 25.1 Å². The maximum Gasteiger partial charge on any atom is 0.118 e. The van der Waals surface area contributed by atoms with Crippen LogP contribution in [0.15, 0.2) is 24.3 Å². The molecule has 1 saturated heterocycles. The fourth-order valence-electron chi connectivity index (χ4n) is 1.75. The highest BCUT2D eigenvalue weighted by Crippen LogP contribution is 2.19. The number of hydrogen-bond acceptors (Lipinski definition) is 3. The Morgan fingerprint density at radius 2 is 2.27 bits per heavy atom. The molecule has 1 aromatic carbocycles. The van der Waals surface area contributed by atoms with E-state index in [0.717, 1.165) is 25.1 Å². The fourth-order valence-corrected chi connectivity index (χ4v) is 1.75. The molecule has 1 fully saturated rings. The summed E-state index contributed by atoms with van der Waals surface area (Å²) >= 11 is 0. The van der Waals surface area contributed by atoms with Gasteiger partial charge in [0.1, 0.15) is 12.0 Å². The van der Waals surface area contributed by atoms with Crippen molar-refractivity contribution in [3.05, 3.63) is 29.8 Å². The van der Waals surface area contributed by atoms with Crippen molar-refractivity contribution in [2.24, 2.45) is 5.92 Å². The van der Waals surface area contributed by atoms with E-state index in [4.69, 9.17) is 4.74 Å². The van der Waals surface area contributed by atoms with Crippen molar-refractivity contribution in [3.63, 3.8) is 0 Å². The minimum Gasteiger partial charge on any atom is -0.508 e. The Balaban J connectivity index is 1.95. The van der Waals surface area contributed by atoms with Gasteiger partial charge in [0.25, 0.3) is 0 Å². The molecule has 1 heterocycles. The maximum absolute atomic E-state index is 9.61. The molecule has 1 aliphatic rings. The molecule has 15 heavy (non-hydrogen) atoms. The van der Waals surface area contributed by atoms with E-state index >= 15 is 0 Å². The van der Waals surface area contributed by atoms with Gasteiger partial charge in [0.2, 0.25) is 0 Å². The highest BCUT2D eigenvalue weighted by Gasteiger charge is 2.18. The van der Waals surface area contributed by atoms with Crippen LogP contribution in [0.25, 0.3) is 0 Å². The number of phenolic OH excluding ortho intramolecular Hbond substituents is 1. The molecular formula is C12H17NO2. The SMILES string of the molecule is CC1CNC(Cc2ccccc2O)OC1. The zero-order valence-electron chi connectivity index (χ0n) is 8.94. The van der Waals surface area contributed by atoms with Crippen molar-refractivity contribution in [3.8, 4) is 5.75 Å². The first-order chi connectivity index (χ1) is 7.25. The summed E-state index contributed by atoms with van der Waals surface area (Å²) in [6, 6.07) is 7.40.